The van der Waals surface area contributed by atoms with Gasteiger partial charge in [0.2, 0.25) is 0 Å². The fourth-order valence-electron chi connectivity index (χ4n) is 10.1. The van der Waals surface area contributed by atoms with Gasteiger partial charge in [-0.2, -0.15) is 0 Å². The van der Waals surface area contributed by atoms with Crippen LogP contribution in [0, 0.1) is 0 Å². The maximum atomic E-state index is 2.46. The van der Waals surface area contributed by atoms with Crippen LogP contribution in [0.15, 0.2) is 249 Å². The largest absolute Gasteiger partial charge is 0.310 e. The zero-order valence-electron chi connectivity index (χ0n) is 36.4. The van der Waals surface area contributed by atoms with Crippen molar-refractivity contribution in [2.24, 2.45) is 0 Å². The number of rotatable bonds is 8. The molecule has 13 aromatic rings. The van der Waals surface area contributed by atoms with E-state index in [0.717, 1.165) is 17.1 Å². The molecule has 0 spiro atoms. The Morgan fingerprint density at radius 1 is 0.269 bits per heavy atom. The zero-order chi connectivity index (χ0) is 44.3. The average Bonchev–Trinajstić information content (AvgIpc) is 3.99. The summed E-state index contributed by atoms with van der Waals surface area (Å²) < 4.78 is 5.20. The Kier molecular flexibility index (Phi) is 9.63. The normalized spacial score (nSPS) is 11.6. The summed E-state index contributed by atoms with van der Waals surface area (Å²) >= 11 is 3.75. The number of hydrogen-bond acceptors (Lipinski definition) is 3. The van der Waals surface area contributed by atoms with Crippen LogP contribution in [0.1, 0.15) is 0 Å². The summed E-state index contributed by atoms with van der Waals surface area (Å²) in [5.74, 6) is 0. The molecule has 0 saturated heterocycles. The van der Waals surface area contributed by atoms with Crippen LogP contribution in [0.25, 0.3) is 107 Å². The first-order valence-corrected chi connectivity index (χ1v) is 24.4. The fourth-order valence-corrected chi connectivity index (χ4v) is 12.5. The second kappa shape index (κ2) is 16.4. The van der Waals surface area contributed by atoms with Crippen LogP contribution in [-0.2, 0) is 0 Å². The Labute approximate surface area is 397 Å². The summed E-state index contributed by atoms with van der Waals surface area (Å²) in [6, 6.07) is 91.4. The van der Waals surface area contributed by atoms with Crippen molar-refractivity contribution >= 4 is 90.9 Å². The van der Waals surface area contributed by atoms with E-state index in [1.807, 2.05) is 22.7 Å². The molecule has 0 aliphatic rings. The van der Waals surface area contributed by atoms with Crippen molar-refractivity contribution in [3.63, 3.8) is 0 Å². The van der Waals surface area contributed by atoms with Gasteiger partial charge in [-0.15, -0.1) is 22.7 Å². The molecular formula is C64H41NS2. The van der Waals surface area contributed by atoms with Crippen molar-refractivity contribution < 1.29 is 0 Å². The highest BCUT2D eigenvalue weighted by atomic mass is 32.1. The van der Waals surface area contributed by atoms with Gasteiger partial charge in [0.05, 0.1) is 5.69 Å². The van der Waals surface area contributed by atoms with Crippen molar-refractivity contribution in [2.75, 3.05) is 4.90 Å². The van der Waals surface area contributed by atoms with Crippen LogP contribution in [0.2, 0.25) is 0 Å². The highest BCUT2D eigenvalue weighted by molar-refractivity contribution is 7.26. The second-order valence-electron chi connectivity index (χ2n) is 17.2. The van der Waals surface area contributed by atoms with E-state index in [0.29, 0.717) is 0 Å². The summed E-state index contributed by atoms with van der Waals surface area (Å²) in [4.78, 5) is 2.46. The van der Waals surface area contributed by atoms with Crippen LogP contribution in [-0.4, -0.2) is 0 Å². The molecule has 2 heterocycles. The Morgan fingerprint density at radius 3 is 1.57 bits per heavy atom. The third kappa shape index (κ3) is 6.91. The Bertz CT molecular complexity index is 3970. The highest BCUT2D eigenvalue weighted by Crippen LogP contribution is 2.49. The first-order valence-electron chi connectivity index (χ1n) is 22.8. The maximum Gasteiger partial charge on any atom is 0.0555 e. The molecule has 314 valence electrons. The number of benzene rings is 11. The summed E-state index contributed by atoms with van der Waals surface area (Å²) in [5, 5.41) is 7.68. The monoisotopic (exact) mass is 887 g/mol. The van der Waals surface area contributed by atoms with E-state index < -0.39 is 0 Å². The Hall–Kier alpha value is -8.08. The van der Waals surface area contributed by atoms with Gasteiger partial charge >= 0.3 is 0 Å². The van der Waals surface area contributed by atoms with E-state index in [9.17, 15) is 0 Å². The third-order valence-corrected chi connectivity index (χ3v) is 15.6. The number of thiophene rings is 2. The lowest BCUT2D eigenvalue weighted by Gasteiger charge is -2.27. The number of hydrogen-bond donors (Lipinski definition) is 0. The van der Waals surface area contributed by atoms with Crippen molar-refractivity contribution in [1.82, 2.24) is 0 Å². The van der Waals surface area contributed by atoms with E-state index >= 15 is 0 Å². The topological polar surface area (TPSA) is 3.24 Å². The molecule has 2 aromatic heterocycles. The molecule has 0 bridgehead atoms. The summed E-state index contributed by atoms with van der Waals surface area (Å²) in [6.45, 7) is 0. The number of nitrogens with zero attached hydrogens (tertiary/aromatic N) is 1. The lowest BCUT2D eigenvalue weighted by molar-refractivity contribution is 1.30. The molecule has 0 amide bonds. The van der Waals surface area contributed by atoms with Gasteiger partial charge in [0, 0.05) is 51.7 Å². The first-order chi connectivity index (χ1) is 33.2. The number of anilines is 3. The van der Waals surface area contributed by atoms with Gasteiger partial charge in [-0.1, -0.05) is 188 Å². The van der Waals surface area contributed by atoms with Gasteiger partial charge in [0.1, 0.15) is 0 Å². The predicted molar refractivity (Wildman–Crippen MR) is 292 cm³/mol. The Balaban J connectivity index is 0.946. The molecule has 0 atom stereocenters. The Morgan fingerprint density at radius 2 is 0.791 bits per heavy atom. The van der Waals surface area contributed by atoms with Crippen molar-refractivity contribution in [3.05, 3.63) is 249 Å². The van der Waals surface area contributed by atoms with Gasteiger partial charge in [-0.05, 0) is 127 Å². The maximum absolute atomic E-state index is 2.46. The lowest BCUT2D eigenvalue weighted by Crippen LogP contribution is -2.10. The summed E-state index contributed by atoms with van der Waals surface area (Å²) in [7, 11) is 0. The third-order valence-electron chi connectivity index (χ3n) is 13.3. The molecule has 0 radical (unpaired) electrons. The minimum atomic E-state index is 1.10. The molecule has 11 aromatic carbocycles. The van der Waals surface area contributed by atoms with Gasteiger partial charge in [0.15, 0.2) is 0 Å². The van der Waals surface area contributed by atoms with Crippen molar-refractivity contribution in [3.8, 4) is 55.6 Å². The van der Waals surface area contributed by atoms with Gasteiger partial charge in [0.25, 0.3) is 0 Å². The van der Waals surface area contributed by atoms with E-state index in [1.54, 1.807) is 0 Å². The van der Waals surface area contributed by atoms with Gasteiger partial charge in [-0.3, -0.25) is 0 Å². The average molecular weight is 888 g/mol. The summed E-state index contributed by atoms with van der Waals surface area (Å²) in [6.07, 6.45) is 0. The van der Waals surface area contributed by atoms with E-state index in [-0.39, 0.29) is 0 Å². The van der Waals surface area contributed by atoms with Gasteiger partial charge in [-0.25, -0.2) is 0 Å². The standard InChI is InChI=1S/C64H41NS2/c1-2-15-44(16-3-1)53-38-39-58(63-57-23-9-11-26-60(57)67-64(53)63)65(50-34-30-43(31-35-50)47-18-12-19-48(40-47)49-29-28-42-14-4-5-17-46(42)41-49)51-36-32-45(33-37-51)52-20-6-7-21-54(52)55-24-13-27-61-62(55)56-22-8-10-25-59(56)66-61/h1-41H. The number of fused-ring (bicyclic) bond motifs is 7. The molecule has 3 heteroatoms. The zero-order valence-corrected chi connectivity index (χ0v) is 38.1. The lowest BCUT2D eigenvalue weighted by atomic mass is 9.92. The fraction of sp³-hybridized carbons (Fsp3) is 0. The minimum absolute atomic E-state index is 1.10. The SMILES string of the molecule is c1ccc(-c2ccc(N(c3ccc(-c4cccc(-c5ccc6ccccc6c5)c4)cc3)c3ccc(-c4ccccc4-c4cccc5sc6ccccc6c45)cc3)c3c2sc2ccccc23)cc1. The quantitative estimate of drug-likeness (QED) is 0.147. The summed E-state index contributed by atoms with van der Waals surface area (Å²) in [5.41, 5.74) is 15.5. The van der Waals surface area contributed by atoms with E-state index in [2.05, 4.69) is 254 Å². The van der Waals surface area contributed by atoms with E-state index in [4.69, 9.17) is 0 Å². The molecule has 0 aliphatic heterocycles. The highest BCUT2D eigenvalue weighted by Gasteiger charge is 2.22. The molecule has 0 unspecified atom stereocenters. The van der Waals surface area contributed by atoms with Crippen LogP contribution in [0.3, 0.4) is 0 Å². The van der Waals surface area contributed by atoms with E-state index in [1.165, 1.54) is 107 Å². The molecule has 0 aliphatic carbocycles. The molecule has 0 N–H and O–H groups in total. The molecule has 13 rings (SSSR count). The van der Waals surface area contributed by atoms with Crippen LogP contribution in [0.4, 0.5) is 17.1 Å². The molecule has 0 saturated carbocycles. The van der Waals surface area contributed by atoms with Crippen LogP contribution in [0.5, 0.6) is 0 Å². The smallest absolute Gasteiger partial charge is 0.0555 e. The van der Waals surface area contributed by atoms with Crippen LogP contribution >= 0.6 is 22.7 Å². The van der Waals surface area contributed by atoms with Crippen molar-refractivity contribution in [1.29, 1.82) is 0 Å². The molecule has 0 fully saturated rings. The van der Waals surface area contributed by atoms with Gasteiger partial charge < -0.3 is 4.90 Å². The second-order valence-corrected chi connectivity index (χ2v) is 19.3. The first kappa shape index (κ1) is 39.3. The molecule has 67 heavy (non-hydrogen) atoms. The molecule has 1 nitrogen and oxygen atoms in total. The molecular weight excluding hydrogens is 847 g/mol. The minimum Gasteiger partial charge on any atom is -0.310 e. The van der Waals surface area contributed by atoms with Crippen molar-refractivity contribution in [2.45, 2.75) is 0 Å². The van der Waals surface area contributed by atoms with Crippen LogP contribution < -0.4 is 4.90 Å². The predicted octanol–water partition coefficient (Wildman–Crippen LogP) is 19.4.